The molecular formula is C8H14O5. The van der Waals surface area contributed by atoms with Gasteiger partial charge >= 0.3 is 12.1 Å². The molecule has 0 bridgehead atoms. The van der Waals surface area contributed by atoms with E-state index in [2.05, 4.69) is 6.58 Å². The Hall–Kier alpha value is -0.910. The van der Waals surface area contributed by atoms with Crippen LogP contribution in [0.15, 0.2) is 12.2 Å². The first-order valence-corrected chi connectivity index (χ1v) is 3.55. The summed E-state index contributed by atoms with van der Waals surface area (Å²) < 4.78 is 18.9. The number of rotatable bonds is 5. The molecule has 0 aliphatic rings. The van der Waals surface area contributed by atoms with Crippen molar-refractivity contribution < 1.29 is 23.7 Å². The summed E-state index contributed by atoms with van der Waals surface area (Å²) in [5.41, 5.74) is 0.232. The summed E-state index contributed by atoms with van der Waals surface area (Å²) in [5.74, 6) is -0.648. The number of carbonyl (C=O) groups is 1. The monoisotopic (exact) mass is 190 g/mol. The van der Waals surface area contributed by atoms with Crippen LogP contribution in [-0.4, -0.2) is 33.5 Å². The number of methoxy groups -OCH3 is 3. The van der Waals surface area contributed by atoms with Gasteiger partial charge in [-0.1, -0.05) is 6.58 Å². The molecule has 76 valence electrons. The van der Waals surface area contributed by atoms with Crippen LogP contribution in [0, 0.1) is 0 Å². The van der Waals surface area contributed by atoms with Gasteiger partial charge in [-0.05, 0) is 6.92 Å². The average Bonchev–Trinajstić information content (AvgIpc) is 2.14. The van der Waals surface area contributed by atoms with Gasteiger partial charge in [0.25, 0.3) is 0 Å². The van der Waals surface area contributed by atoms with E-state index in [1.807, 2.05) is 0 Å². The fourth-order valence-corrected chi connectivity index (χ4v) is 0.576. The second-order valence-corrected chi connectivity index (χ2v) is 2.28. The Bertz CT molecular complexity index is 186. The molecule has 0 radical (unpaired) electrons. The predicted molar refractivity (Wildman–Crippen MR) is 44.7 cm³/mol. The Morgan fingerprint density at radius 3 is 1.77 bits per heavy atom. The highest BCUT2D eigenvalue weighted by molar-refractivity contribution is 5.87. The third kappa shape index (κ3) is 3.14. The molecule has 0 aromatic heterocycles. The Morgan fingerprint density at radius 2 is 1.54 bits per heavy atom. The number of hydrogen-bond acceptors (Lipinski definition) is 5. The lowest BCUT2D eigenvalue weighted by molar-refractivity contribution is -0.461. The molecule has 0 amide bonds. The summed E-state index contributed by atoms with van der Waals surface area (Å²) in [4.78, 5) is 11.1. The van der Waals surface area contributed by atoms with Gasteiger partial charge in [0.05, 0.1) is 0 Å². The van der Waals surface area contributed by atoms with Crippen molar-refractivity contribution in [1.82, 2.24) is 0 Å². The second kappa shape index (κ2) is 4.96. The zero-order valence-electron chi connectivity index (χ0n) is 8.25. The van der Waals surface area contributed by atoms with E-state index in [4.69, 9.17) is 18.9 Å². The summed E-state index contributed by atoms with van der Waals surface area (Å²) in [5, 5.41) is 0. The molecule has 5 heteroatoms. The van der Waals surface area contributed by atoms with Crippen molar-refractivity contribution >= 4 is 5.97 Å². The molecule has 5 nitrogen and oxygen atoms in total. The second-order valence-electron chi connectivity index (χ2n) is 2.28. The summed E-state index contributed by atoms with van der Waals surface area (Å²) in [7, 11) is 3.87. The summed E-state index contributed by atoms with van der Waals surface area (Å²) in [6.07, 6.45) is -1.78. The van der Waals surface area contributed by atoms with E-state index in [-0.39, 0.29) is 5.57 Å². The largest absolute Gasteiger partial charge is 0.462 e. The van der Waals surface area contributed by atoms with Crippen LogP contribution >= 0.6 is 0 Å². The van der Waals surface area contributed by atoms with Gasteiger partial charge in [0.1, 0.15) is 0 Å². The van der Waals surface area contributed by atoms with Crippen molar-refractivity contribution in [3.05, 3.63) is 12.2 Å². The maximum Gasteiger partial charge on any atom is 0.462 e. The van der Waals surface area contributed by atoms with Crippen LogP contribution in [0.3, 0.4) is 0 Å². The first-order chi connectivity index (χ1) is 6.01. The Morgan fingerprint density at radius 1 is 1.15 bits per heavy atom. The lowest BCUT2D eigenvalue weighted by Crippen LogP contribution is -2.41. The lowest BCUT2D eigenvalue weighted by atomic mass is 10.4. The lowest BCUT2D eigenvalue weighted by Gasteiger charge is -2.26. The fraction of sp³-hybridized carbons (Fsp3) is 0.625. The van der Waals surface area contributed by atoms with Crippen molar-refractivity contribution in [1.29, 1.82) is 0 Å². The molecule has 0 heterocycles. The molecule has 0 saturated carbocycles. The van der Waals surface area contributed by atoms with E-state index in [0.29, 0.717) is 0 Å². The van der Waals surface area contributed by atoms with Crippen molar-refractivity contribution in [3.63, 3.8) is 0 Å². The number of ether oxygens (including phenoxy) is 4. The summed E-state index contributed by atoms with van der Waals surface area (Å²) in [6, 6.07) is 0. The Balaban J connectivity index is 4.42. The first-order valence-electron chi connectivity index (χ1n) is 3.55. The SMILES string of the molecule is C=C(C)C(=O)OC(OC)(OC)OC. The topological polar surface area (TPSA) is 54.0 Å². The van der Waals surface area contributed by atoms with Gasteiger partial charge in [-0.15, -0.1) is 0 Å². The molecule has 0 atom stereocenters. The molecule has 0 N–H and O–H groups in total. The normalized spacial score (nSPS) is 11.1. The fourth-order valence-electron chi connectivity index (χ4n) is 0.576. The third-order valence-corrected chi connectivity index (χ3v) is 1.32. The average molecular weight is 190 g/mol. The number of hydrogen-bond donors (Lipinski definition) is 0. The first kappa shape index (κ1) is 12.1. The molecule has 13 heavy (non-hydrogen) atoms. The van der Waals surface area contributed by atoms with Crippen LogP contribution in [0.1, 0.15) is 6.92 Å². The van der Waals surface area contributed by atoms with E-state index in [1.165, 1.54) is 28.3 Å². The minimum absolute atomic E-state index is 0.232. The standard InChI is InChI=1S/C8H14O5/c1-6(2)7(9)13-8(10-3,11-4)12-5/h1H2,2-5H3. The highest BCUT2D eigenvalue weighted by Gasteiger charge is 2.35. The van der Waals surface area contributed by atoms with Gasteiger partial charge in [-0.3, -0.25) is 14.2 Å². The molecule has 0 saturated heterocycles. The minimum atomic E-state index is -1.78. The van der Waals surface area contributed by atoms with Crippen molar-refractivity contribution in [2.45, 2.75) is 13.1 Å². The molecule has 0 aliphatic heterocycles. The van der Waals surface area contributed by atoms with E-state index >= 15 is 0 Å². The smallest absolute Gasteiger partial charge is 0.380 e. The van der Waals surface area contributed by atoms with Gasteiger partial charge in [0.2, 0.25) is 0 Å². The highest BCUT2D eigenvalue weighted by atomic mass is 17.0. The number of esters is 1. The molecule has 0 rings (SSSR count). The molecule has 0 aliphatic carbocycles. The van der Waals surface area contributed by atoms with Gasteiger partial charge < -0.3 is 4.74 Å². The zero-order chi connectivity index (χ0) is 10.5. The van der Waals surface area contributed by atoms with E-state index < -0.39 is 12.1 Å². The van der Waals surface area contributed by atoms with Gasteiger partial charge in [0, 0.05) is 26.9 Å². The van der Waals surface area contributed by atoms with Crippen molar-refractivity contribution in [2.75, 3.05) is 21.3 Å². The van der Waals surface area contributed by atoms with Crippen LogP contribution in [0.25, 0.3) is 0 Å². The molecule has 0 unspecified atom stereocenters. The van der Waals surface area contributed by atoms with Gasteiger partial charge in [0.15, 0.2) is 0 Å². The molecule has 0 aromatic carbocycles. The number of carbonyl (C=O) groups excluding carboxylic acids is 1. The van der Waals surface area contributed by atoms with Crippen molar-refractivity contribution in [2.24, 2.45) is 0 Å². The van der Waals surface area contributed by atoms with E-state index in [9.17, 15) is 4.79 Å². The molecule has 0 fully saturated rings. The van der Waals surface area contributed by atoms with E-state index in [0.717, 1.165) is 0 Å². The Labute approximate surface area is 77.2 Å². The maximum absolute atomic E-state index is 11.1. The Kier molecular flexibility index (Phi) is 4.61. The maximum atomic E-state index is 11.1. The predicted octanol–water partition coefficient (Wildman–Crippen LogP) is 0.656. The zero-order valence-corrected chi connectivity index (χ0v) is 8.25. The molecule has 0 aromatic rings. The van der Waals surface area contributed by atoms with E-state index in [1.54, 1.807) is 0 Å². The van der Waals surface area contributed by atoms with Crippen LogP contribution < -0.4 is 0 Å². The summed E-state index contributed by atoms with van der Waals surface area (Å²) in [6.45, 7) is 4.91. The third-order valence-electron chi connectivity index (χ3n) is 1.32. The van der Waals surface area contributed by atoms with Gasteiger partial charge in [-0.2, -0.15) is 0 Å². The summed E-state index contributed by atoms with van der Waals surface area (Å²) >= 11 is 0. The van der Waals surface area contributed by atoms with Crippen LogP contribution in [0.2, 0.25) is 0 Å². The molecule has 0 spiro atoms. The van der Waals surface area contributed by atoms with Crippen LogP contribution in [0.4, 0.5) is 0 Å². The highest BCUT2D eigenvalue weighted by Crippen LogP contribution is 2.15. The van der Waals surface area contributed by atoms with Gasteiger partial charge in [-0.25, -0.2) is 4.79 Å². The molecular weight excluding hydrogens is 176 g/mol. The van der Waals surface area contributed by atoms with Crippen molar-refractivity contribution in [3.8, 4) is 0 Å². The minimum Gasteiger partial charge on any atom is -0.380 e. The van der Waals surface area contributed by atoms with Crippen LogP contribution in [-0.2, 0) is 23.7 Å². The quantitative estimate of drug-likeness (QED) is 0.362. The van der Waals surface area contributed by atoms with Crippen LogP contribution in [0.5, 0.6) is 0 Å².